The van der Waals surface area contributed by atoms with Gasteiger partial charge in [-0.3, -0.25) is 4.72 Å². The highest BCUT2D eigenvalue weighted by atomic mass is 35.5. The molecule has 2 N–H and O–H groups in total. The lowest BCUT2D eigenvalue weighted by Crippen LogP contribution is -2.15. The number of benzene rings is 2. The molecule has 0 amide bonds. The van der Waals surface area contributed by atoms with E-state index in [1.165, 1.54) is 6.07 Å². The van der Waals surface area contributed by atoms with Gasteiger partial charge < -0.3 is 5.11 Å². The molecule has 0 atom stereocenters. The second-order valence-electron chi connectivity index (χ2n) is 4.46. The number of sulfonamides is 1. The van der Waals surface area contributed by atoms with Crippen LogP contribution in [-0.2, 0) is 22.4 Å². The van der Waals surface area contributed by atoms with Crippen LogP contribution in [0.3, 0.4) is 0 Å². The van der Waals surface area contributed by atoms with Gasteiger partial charge in [-0.1, -0.05) is 35.9 Å². The first-order valence-electron chi connectivity index (χ1n) is 6.04. The lowest BCUT2D eigenvalue weighted by molar-refractivity contribution is 0.282. The van der Waals surface area contributed by atoms with Crippen LogP contribution in [0.15, 0.2) is 42.5 Å². The molecule has 2 aromatic rings. The van der Waals surface area contributed by atoms with E-state index >= 15 is 0 Å². The Morgan fingerprint density at radius 1 is 1.14 bits per heavy atom. The first-order valence-corrected chi connectivity index (χ1v) is 8.07. The lowest BCUT2D eigenvalue weighted by Gasteiger charge is -2.10. The van der Waals surface area contributed by atoms with Gasteiger partial charge in [0.1, 0.15) is 5.82 Å². The number of nitrogens with one attached hydrogen (secondary N) is 1. The molecule has 0 fully saturated rings. The van der Waals surface area contributed by atoms with Gasteiger partial charge >= 0.3 is 0 Å². The molecule has 112 valence electrons. The van der Waals surface area contributed by atoms with Gasteiger partial charge in [0.25, 0.3) is 0 Å². The van der Waals surface area contributed by atoms with Gasteiger partial charge in [0.15, 0.2) is 0 Å². The summed E-state index contributed by atoms with van der Waals surface area (Å²) in [6, 6.07) is 10.0. The zero-order valence-corrected chi connectivity index (χ0v) is 12.5. The van der Waals surface area contributed by atoms with Crippen LogP contribution in [0, 0.1) is 5.82 Å². The minimum absolute atomic E-state index is 0.0114. The summed E-state index contributed by atoms with van der Waals surface area (Å²) in [7, 11) is -3.69. The van der Waals surface area contributed by atoms with Crippen molar-refractivity contribution in [2.75, 3.05) is 4.72 Å². The maximum absolute atomic E-state index is 12.9. The van der Waals surface area contributed by atoms with E-state index < -0.39 is 15.8 Å². The summed E-state index contributed by atoms with van der Waals surface area (Å²) in [5, 5.41) is 9.03. The molecule has 0 aliphatic heterocycles. The topological polar surface area (TPSA) is 66.4 Å². The molecule has 2 aromatic carbocycles. The quantitative estimate of drug-likeness (QED) is 0.886. The summed E-state index contributed by atoms with van der Waals surface area (Å²) in [4.78, 5) is 0. The number of aliphatic hydroxyl groups excluding tert-OH is 1. The first-order chi connectivity index (χ1) is 9.89. The minimum atomic E-state index is -3.69. The number of anilines is 1. The van der Waals surface area contributed by atoms with Crippen LogP contribution in [0.1, 0.15) is 11.1 Å². The average molecular weight is 330 g/mol. The Bertz CT molecular complexity index is 750. The second kappa shape index (κ2) is 6.43. The highest BCUT2D eigenvalue weighted by molar-refractivity contribution is 7.91. The molecule has 0 aliphatic rings. The second-order valence-corrected chi connectivity index (χ2v) is 6.59. The van der Waals surface area contributed by atoms with Gasteiger partial charge in [0, 0.05) is 0 Å². The maximum atomic E-state index is 12.9. The molecule has 21 heavy (non-hydrogen) atoms. The zero-order chi connectivity index (χ0) is 15.5. The van der Waals surface area contributed by atoms with Gasteiger partial charge in [0.2, 0.25) is 10.0 Å². The monoisotopic (exact) mass is 329 g/mol. The molecule has 4 nitrogen and oxygen atoms in total. The van der Waals surface area contributed by atoms with E-state index in [1.807, 2.05) is 0 Å². The van der Waals surface area contributed by atoms with Gasteiger partial charge in [-0.05, 0) is 29.3 Å². The van der Waals surface area contributed by atoms with Crippen LogP contribution in [0.2, 0.25) is 5.02 Å². The standard InChI is InChI=1S/C14H13ClFNO3S/c15-13-7-12(16)4-5-14(13)17-21(19,20)9-11-3-1-2-10(6-11)8-18/h1-7,17-18H,8-9H2. The number of rotatable bonds is 5. The van der Waals surface area contributed by atoms with E-state index in [-0.39, 0.29) is 23.1 Å². The predicted molar refractivity (Wildman–Crippen MR) is 80.0 cm³/mol. The van der Waals surface area contributed by atoms with Crippen molar-refractivity contribution < 1.29 is 17.9 Å². The van der Waals surface area contributed by atoms with Gasteiger partial charge in [0.05, 0.1) is 23.1 Å². The van der Waals surface area contributed by atoms with Crippen LogP contribution in [0.25, 0.3) is 0 Å². The molecule has 7 heteroatoms. The van der Waals surface area contributed by atoms with Crippen molar-refractivity contribution in [3.63, 3.8) is 0 Å². The Balaban J connectivity index is 2.18. The molecule has 0 aliphatic carbocycles. The molecule has 0 radical (unpaired) electrons. The van der Waals surface area contributed by atoms with E-state index in [9.17, 15) is 12.8 Å². The molecule has 0 spiro atoms. The molecule has 0 bridgehead atoms. The predicted octanol–water partition coefficient (Wildman–Crippen LogP) is 2.91. The smallest absolute Gasteiger partial charge is 0.236 e. The fourth-order valence-electron chi connectivity index (χ4n) is 1.81. The van der Waals surface area contributed by atoms with Gasteiger partial charge in [-0.25, -0.2) is 12.8 Å². The fourth-order valence-corrected chi connectivity index (χ4v) is 3.29. The fraction of sp³-hybridized carbons (Fsp3) is 0.143. The number of hydrogen-bond donors (Lipinski definition) is 2. The number of aliphatic hydroxyl groups is 1. The van der Waals surface area contributed by atoms with Crippen LogP contribution in [0.4, 0.5) is 10.1 Å². The highest BCUT2D eigenvalue weighted by Gasteiger charge is 2.14. The van der Waals surface area contributed by atoms with E-state index in [4.69, 9.17) is 16.7 Å². The summed E-state index contributed by atoms with van der Waals surface area (Å²) in [6.45, 7) is -0.162. The Labute approximate surface area is 127 Å². The molecule has 0 aromatic heterocycles. The maximum Gasteiger partial charge on any atom is 0.236 e. The van der Waals surface area contributed by atoms with Crippen LogP contribution >= 0.6 is 11.6 Å². The van der Waals surface area contributed by atoms with Crippen molar-refractivity contribution in [3.05, 3.63) is 64.4 Å². The van der Waals surface area contributed by atoms with Crippen molar-refractivity contribution in [1.82, 2.24) is 0 Å². The molecular weight excluding hydrogens is 317 g/mol. The molecular formula is C14H13ClFNO3S. The molecule has 2 rings (SSSR count). The van der Waals surface area contributed by atoms with E-state index in [1.54, 1.807) is 24.3 Å². The Morgan fingerprint density at radius 2 is 1.86 bits per heavy atom. The lowest BCUT2D eigenvalue weighted by atomic mass is 10.1. The van der Waals surface area contributed by atoms with Crippen molar-refractivity contribution in [1.29, 1.82) is 0 Å². The number of halogens is 2. The molecule has 0 saturated heterocycles. The van der Waals surface area contributed by atoms with Gasteiger partial charge in [-0.2, -0.15) is 0 Å². The summed E-state index contributed by atoms with van der Waals surface area (Å²) in [5.41, 5.74) is 1.28. The third-order valence-electron chi connectivity index (χ3n) is 2.73. The van der Waals surface area contributed by atoms with Crippen LogP contribution in [0.5, 0.6) is 0 Å². The Hall–Kier alpha value is -1.63. The SMILES string of the molecule is O=S(=O)(Cc1cccc(CO)c1)Nc1ccc(F)cc1Cl. The summed E-state index contributed by atoms with van der Waals surface area (Å²) in [5.74, 6) is -0.812. The molecule has 0 unspecified atom stereocenters. The van der Waals surface area contributed by atoms with Crippen LogP contribution < -0.4 is 4.72 Å². The van der Waals surface area contributed by atoms with Crippen molar-refractivity contribution in [3.8, 4) is 0 Å². The molecule has 0 heterocycles. The van der Waals surface area contributed by atoms with E-state index in [2.05, 4.69) is 4.72 Å². The van der Waals surface area contributed by atoms with Crippen LogP contribution in [-0.4, -0.2) is 13.5 Å². The van der Waals surface area contributed by atoms with E-state index in [0.717, 1.165) is 12.1 Å². The van der Waals surface area contributed by atoms with Crippen molar-refractivity contribution >= 4 is 27.3 Å². The summed E-state index contributed by atoms with van der Waals surface area (Å²) in [6.07, 6.45) is 0. The summed E-state index contributed by atoms with van der Waals surface area (Å²) >= 11 is 5.79. The molecule has 0 saturated carbocycles. The van der Waals surface area contributed by atoms with E-state index in [0.29, 0.717) is 11.1 Å². The average Bonchev–Trinajstić information content (AvgIpc) is 2.41. The van der Waals surface area contributed by atoms with Crippen molar-refractivity contribution in [2.45, 2.75) is 12.4 Å². The van der Waals surface area contributed by atoms with Crippen molar-refractivity contribution in [2.24, 2.45) is 0 Å². The zero-order valence-electron chi connectivity index (χ0n) is 10.9. The Morgan fingerprint density at radius 3 is 2.52 bits per heavy atom. The highest BCUT2D eigenvalue weighted by Crippen LogP contribution is 2.24. The summed E-state index contributed by atoms with van der Waals surface area (Å²) < 4.78 is 39.4. The minimum Gasteiger partial charge on any atom is -0.392 e. The third-order valence-corrected chi connectivity index (χ3v) is 4.28. The van der Waals surface area contributed by atoms with Gasteiger partial charge in [-0.15, -0.1) is 0 Å². The number of hydrogen-bond acceptors (Lipinski definition) is 3. The Kier molecular flexibility index (Phi) is 4.82. The first kappa shape index (κ1) is 15.8. The largest absolute Gasteiger partial charge is 0.392 e. The third kappa shape index (κ3) is 4.42. The normalized spacial score (nSPS) is 11.4.